The Morgan fingerprint density at radius 1 is 1.62 bits per heavy atom. The fraction of sp³-hybridized carbons (Fsp3) is 0.364. The Morgan fingerprint density at radius 2 is 2.31 bits per heavy atom. The monoisotopic (exact) mass is 176 g/mol. The van der Waals surface area contributed by atoms with E-state index in [0.29, 0.717) is 0 Å². The Bertz CT molecular complexity index is 305. The minimum atomic E-state index is 0.0323. The molecule has 0 bridgehead atoms. The summed E-state index contributed by atoms with van der Waals surface area (Å²) >= 11 is 0. The Kier molecular flexibility index (Phi) is 3.20. The summed E-state index contributed by atoms with van der Waals surface area (Å²) in [5, 5.41) is 0. The summed E-state index contributed by atoms with van der Waals surface area (Å²) in [5.41, 5.74) is 9.30. The quantitative estimate of drug-likeness (QED) is 0.718. The molecule has 1 aromatic rings. The summed E-state index contributed by atoms with van der Waals surface area (Å²) in [6.45, 7) is 7.85. The summed E-state index contributed by atoms with van der Waals surface area (Å²) in [6.07, 6.45) is 4.47. The van der Waals surface area contributed by atoms with Crippen LogP contribution in [0.2, 0.25) is 0 Å². The van der Waals surface area contributed by atoms with E-state index >= 15 is 0 Å². The molecule has 0 saturated carbocycles. The molecule has 0 radical (unpaired) electrons. The summed E-state index contributed by atoms with van der Waals surface area (Å²) in [6, 6.07) is 2.10. The molecule has 0 fully saturated rings. The normalized spacial score (nSPS) is 12.5. The highest BCUT2D eigenvalue weighted by atomic mass is 14.7. The number of hydrogen-bond acceptors (Lipinski definition) is 2. The van der Waals surface area contributed by atoms with Crippen molar-refractivity contribution in [1.29, 1.82) is 0 Å². The molecule has 0 aliphatic rings. The van der Waals surface area contributed by atoms with Crippen LogP contribution in [0.25, 0.3) is 0 Å². The van der Waals surface area contributed by atoms with E-state index in [1.54, 1.807) is 0 Å². The first-order valence-corrected chi connectivity index (χ1v) is 4.41. The van der Waals surface area contributed by atoms with Gasteiger partial charge in [0.05, 0.1) is 0 Å². The van der Waals surface area contributed by atoms with Crippen LogP contribution in [-0.4, -0.2) is 4.98 Å². The van der Waals surface area contributed by atoms with Crippen LogP contribution in [0.4, 0.5) is 0 Å². The predicted molar refractivity (Wildman–Crippen MR) is 55.3 cm³/mol. The molecule has 2 nitrogen and oxygen atoms in total. The minimum absolute atomic E-state index is 0.0323. The van der Waals surface area contributed by atoms with Gasteiger partial charge in [-0.1, -0.05) is 11.6 Å². The molecule has 0 saturated heterocycles. The van der Waals surface area contributed by atoms with Crippen molar-refractivity contribution in [1.82, 2.24) is 4.98 Å². The topological polar surface area (TPSA) is 38.9 Å². The van der Waals surface area contributed by atoms with Gasteiger partial charge in [0, 0.05) is 18.4 Å². The largest absolute Gasteiger partial charge is 0.324 e. The maximum atomic E-state index is 5.96. The van der Waals surface area contributed by atoms with Crippen molar-refractivity contribution in [2.75, 3.05) is 0 Å². The van der Waals surface area contributed by atoms with Crippen LogP contribution in [0.3, 0.4) is 0 Å². The van der Waals surface area contributed by atoms with E-state index in [1.165, 1.54) is 0 Å². The molecule has 0 aliphatic heterocycles. The van der Waals surface area contributed by atoms with Gasteiger partial charge in [-0.25, -0.2) is 0 Å². The molecule has 1 heterocycles. The molecule has 1 rings (SSSR count). The van der Waals surface area contributed by atoms with Gasteiger partial charge in [-0.15, -0.1) is 6.58 Å². The molecule has 0 amide bonds. The van der Waals surface area contributed by atoms with Crippen molar-refractivity contribution in [3.63, 3.8) is 0 Å². The number of pyridine rings is 1. The van der Waals surface area contributed by atoms with Crippen molar-refractivity contribution >= 4 is 0 Å². The lowest BCUT2D eigenvalue weighted by atomic mass is 10.0. The second kappa shape index (κ2) is 4.19. The van der Waals surface area contributed by atoms with E-state index in [2.05, 4.69) is 17.6 Å². The van der Waals surface area contributed by atoms with E-state index < -0.39 is 0 Å². The third-order valence-electron chi connectivity index (χ3n) is 1.89. The fourth-order valence-corrected chi connectivity index (χ4v) is 1.27. The molecule has 2 heteroatoms. The molecule has 1 unspecified atom stereocenters. The van der Waals surface area contributed by atoms with Crippen molar-refractivity contribution in [2.45, 2.75) is 26.3 Å². The average Bonchev–Trinajstić information content (AvgIpc) is 2.03. The van der Waals surface area contributed by atoms with E-state index in [9.17, 15) is 0 Å². The minimum Gasteiger partial charge on any atom is -0.324 e. The molecular formula is C11H16N2. The number of hydrogen-bond donors (Lipinski definition) is 1. The number of nitrogens with zero attached hydrogens (tertiary/aromatic N) is 1. The van der Waals surface area contributed by atoms with E-state index in [0.717, 1.165) is 23.1 Å². The summed E-state index contributed by atoms with van der Waals surface area (Å²) in [4.78, 5) is 4.10. The average molecular weight is 176 g/mol. The van der Waals surface area contributed by atoms with E-state index in [1.807, 2.05) is 26.2 Å². The molecule has 0 aliphatic carbocycles. The van der Waals surface area contributed by atoms with Gasteiger partial charge in [0.25, 0.3) is 0 Å². The zero-order valence-electron chi connectivity index (χ0n) is 8.25. The van der Waals surface area contributed by atoms with E-state index in [-0.39, 0.29) is 6.04 Å². The third kappa shape index (κ3) is 2.99. The number of rotatable bonds is 3. The molecule has 2 N–H and O–H groups in total. The van der Waals surface area contributed by atoms with Crippen LogP contribution < -0.4 is 5.73 Å². The highest BCUT2D eigenvalue weighted by molar-refractivity contribution is 5.21. The molecule has 0 aromatic carbocycles. The van der Waals surface area contributed by atoms with Gasteiger partial charge in [-0.2, -0.15) is 0 Å². The lowest BCUT2D eigenvalue weighted by Crippen LogP contribution is -2.10. The fourth-order valence-electron chi connectivity index (χ4n) is 1.27. The van der Waals surface area contributed by atoms with Gasteiger partial charge < -0.3 is 5.73 Å². The van der Waals surface area contributed by atoms with Crippen molar-refractivity contribution in [3.8, 4) is 0 Å². The van der Waals surface area contributed by atoms with Crippen molar-refractivity contribution < 1.29 is 0 Å². The van der Waals surface area contributed by atoms with Gasteiger partial charge in [0.15, 0.2) is 0 Å². The third-order valence-corrected chi connectivity index (χ3v) is 1.89. The highest BCUT2D eigenvalue weighted by Gasteiger charge is 2.05. The zero-order valence-corrected chi connectivity index (χ0v) is 8.25. The van der Waals surface area contributed by atoms with Crippen LogP contribution in [0.1, 0.15) is 30.5 Å². The second-order valence-electron chi connectivity index (χ2n) is 3.56. The number of nitrogens with two attached hydrogens (primary N) is 1. The molecular weight excluding hydrogens is 160 g/mol. The van der Waals surface area contributed by atoms with Crippen molar-refractivity contribution in [3.05, 3.63) is 41.7 Å². The molecule has 13 heavy (non-hydrogen) atoms. The van der Waals surface area contributed by atoms with Crippen LogP contribution in [-0.2, 0) is 0 Å². The standard InChI is InChI=1S/C11H16N2/c1-8(2)4-11(12)10-5-9(3)6-13-7-10/h5-7,11H,1,4,12H2,2-3H3. The number of aromatic nitrogens is 1. The molecule has 1 aromatic heterocycles. The van der Waals surface area contributed by atoms with Gasteiger partial charge in [-0.05, 0) is 31.4 Å². The Hall–Kier alpha value is -1.15. The van der Waals surface area contributed by atoms with Gasteiger partial charge in [-0.3, -0.25) is 4.98 Å². The van der Waals surface area contributed by atoms with Gasteiger partial charge in [0.2, 0.25) is 0 Å². The van der Waals surface area contributed by atoms with Crippen LogP contribution >= 0.6 is 0 Å². The lowest BCUT2D eigenvalue weighted by Gasteiger charge is -2.11. The first kappa shape index (κ1) is 9.93. The zero-order chi connectivity index (χ0) is 9.84. The predicted octanol–water partition coefficient (Wildman–Crippen LogP) is 2.36. The molecule has 0 spiro atoms. The SMILES string of the molecule is C=C(C)CC(N)c1cncc(C)c1. The summed E-state index contributed by atoms with van der Waals surface area (Å²) < 4.78 is 0. The summed E-state index contributed by atoms with van der Waals surface area (Å²) in [7, 11) is 0. The summed E-state index contributed by atoms with van der Waals surface area (Å²) in [5.74, 6) is 0. The first-order chi connectivity index (χ1) is 6.09. The smallest absolute Gasteiger partial charge is 0.0347 e. The maximum absolute atomic E-state index is 5.96. The van der Waals surface area contributed by atoms with Gasteiger partial charge >= 0.3 is 0 Å². The number of aryl methyl sites for hydroxylation is 1. The highest BCUT2D eigenvalue weighted by Crippen LogP contribution is 2.17. The Morgan fingerprint density at radius 3 is 2.85 bits per heavy atom. The van der Waals surface area contributed by atoms with E-state index in [4.69, 9.17) is 5.73 Å². The lowest BCUT2D eigenvalue weighted by molar-refractivity contribution is 0.712. The Labute approximate surface area is 79.5 Å². The van der Waals surface area contributed by atoms with Crippen LogP contribution in [0, 0.1) is 6.92 Å². The van der Waals surface area contributed by atoms with Crippen LogP contribution in [0.15, 0.2) is 30.6 Å². The molecule has 1 atom stereocenters. The first-order valence-electron chi connectivity index (χ1n) is 4.41. The maximum Gasteiger partial charge on any atom is 0.0347 e. The van der Waals surface area contributed by atoms with Crippen molar-refractivity contribution in [2.24, 2.45) is 5.73 Å². The van der Waals surface area contributed by atoms with Crippen LogP contribution in [0.5, 0.6) is 0 Å². The Balaban J connectivity index is 2.76. The van der Waals surface area contributed by atoms with Gasteiger partial charge in [0.1, 0.15) is 0 Å². The second-order valence-corrected chi connectivity index (χ2v) is 3.56. The molecule has 70 valence electrons.